The van der Waals surface area contributed by atoms with Crippen LogP contribution in [0.3, 0.4) is 0 Å². The van der Waals surface area contributed by atoms with Crippen molar-refractivity contribution in [3.63, 3.8) is 0 Å². The molecule has 0 fully saturated rings. The lowest BCUT2D eigenvalue weighted by atomic mass is 10.0. The number of hydrogen-bond donors (Lipinski definition) is 0. The zero-order valence-corrected chi connectivity index (χ0v) is 17.7. The second-order valence-electron chi connectivity index (χ2n) is 6.92. The van der Waals surface area contributed by atoms with Gasteiger partial charge < -0.3 is 18.0 Å². The second kappa shape index (κ2) is 8.75. The molecule has 1 amide bonds. The quantitative estimate of drug-likeness (QED) is 0.549. The zero-order valence-electron chi connectivity index (χ0n) is 16.9. The van der Waals surface area contributed by atoms with Gasteiger partial charge in [-0.2, -0.15) is 5.10 Å². The molecule has 1 aromatic heterocycles. The van der Waals surface area contributed by atoms with Crippen LogP contribution >= 0.6 is 0 Å². The van der Waals surface area contributed by atoms with E-state index in [1.807, 2.05) is 6.07 Å². The van der Waals surface area contributed by atoms with Crippen molar-refractivity contribution in [2.75, 3.05) is 18.5 Å². The number of amides is 1. The average molecular weight is 438 g/mol. The molecule has 2 heterocycles. The first-order valence-corrected chi connectivity index (χ1v) is 10.5. The number of ether oxygens (including phenoxy) is 1. The summed E-state index contributed by atoms with van der Waals surface area (Å²) in [6.07, 6.45) is 2.04. The molecule has 2 atom stereocenters. The van der Waals surface area contributed by atoms with Gasteiger partial charge in [-0.3, -0.25) is 9.00 Å². The Hall–Kier alpha value is -3.43. The van der Waals surface area contributed by atoms with E-state index in [0.717, 1.165) is 9.87 Å². The van der Waals surface area contributed by atoms with E-state index in [0.29, 0.717) is 34.9 Å². The molecule has 0 radical (unpaired) electrons. The summed E-state index contributed by atoms with van der Waals surface area (Å²) in [7, 11) is 3.03. The van der Waals surface area contributed by atoms with Gasteiger partial charge in [0, 0.05) is 36.0 Å². The summed E-state index contributed by atoms with van der Waals surface area (Å²) in [5, 5.41) is 6.03. The third-order valence-electron chi connectivity index (χ3n) is 5.11. The van der Waals surface area contributed by atoms with Gasteiger partial charge >= 0.3 is 0 Å². The topological polar surface area (TPSA) is 98.4 Å². The third-order valence-corrected chi connectivity index (χ3v) is 5.77. The molecule has 0 saturated heterocycles. The highest BCUT2D eigenvalue weighted by atomic mass is 32.2. The highest BCUT2D eigenvalue weighted by Crippen LogP contribution is 2.34. The third kappa shape index (κ3) is 4.23. The maximum absolute atomic E-state index is 13.2. The van der Waals surface area contributed by atoms with E-state index in [1.54, 1.807) is 68.0 Å². The molecule has 9 heteroatoms. The Balaban J connectivity index is 1.64. The fourth-order valence-electron chi connectivity index (χ4n) is 3.39. The predicted molar refractivity (Wildman–Crippen MR) is 116 cm³/mol. The average Bonchev–Trinajstić information content (AvgIpc) is 3.48. The molecular weight excluding hydrogens is 418 g/mol. The first kappa shape index (κ1) is 20.8. The molecule has 0 bridgehead atoms. The van der Waals surface area contributed by atoms with Crippen LogP contribution in [0, 0.1) is 0 Å². The smallest absolute Gasteiger partial charge is 0.274 e. The monoisotopic (exact) mass is 438 g/mol. The lowest BCUT2D eigenvalue weighted by Crippen LogP contribution is -2.26. The van der Waals surface area contributed by atoms with Gasteiger partial charge in [0.2, 0.25) is 0 Å². The summed E-state index contributed by atoms with van der Waals surface area (Å²) in [5.41, 5.74) is 2.53. The maximum Gasteiger partial charge on any atom is 0.274 e. The molecule has 160 valence electrons. The van der Waals surface area contributed by atoms with Crippen molar-refractivity contribution in [1.29, 1.82) is 0 Å². The highest BCUT2D eigenvalue weighted by molar-refractivity contribution is 7.80. The summed E-state index contributed by atoms with van der Waals surface area (Å²) in [6, 6.07) is 17.0. The molecule has 0 aliphatic carbocycles. The van der Waals surface area contributed by atoms with Crippen molar-refractivity contribution in [3.8, 4) is 5.75 Å². The Bertz CT molecular complexity index is 1110. The minimum absolute atomic E-state index is 0.253. The number of benzene rings is 2. The van der Waals surface area contributed by atoms with E-state index in [1.165, 1.54) is 12.1 Å². The first-order valence-electron chi connectivity index (χ1n) is 9.50. The molecule has 4 rings (SSSR count). The standard InChI is InChI=1S/C22H21N3O5S/c1-24(31(27)28)17-9-5-15(6-10-17)19-14-20(21-4-3-13-30-21)25(23-19)22(26)16-7-11-18(29-2)12-8-16/h3-13,20H,14H2,1-2H3,(H,27,28)/p-1. The van der Waals surface area contributed by atoms with Gasteiger partial charge in [-0.25, -0.2) is 5.01 Å². The van der Waals surface area contributed by atoms with E-state index in [4.69, 9.17) is 9.15 Å². The van der Waals surface area contributed by atoms with Crippen molar-refractivity contribution in [3.05, 3.63) is 83.8 Å². The van der Waals surface area contributed by atoms with E-state index < -0.39 is 11.3 Å². The van der Waals surface area contributed by atoms with Crippen LogP contribution in [0.5, 0.6) is 5.75 Å². The van der Waals surface area contributed by atoms with E-state index >= 15 is 0 Å². The summed E-state index contributed by atoms with van der Waals surface area (Å²) < 4.78 is 34.2. The molecule has 0 spiro atoms. The van der Waals surface area contributed by atoms with Crippen LogP contribution < -0.4 is 9.04 Å². The van der Waals surface area contributed by atoms with E-state index in [2.05, 4.69) is 5.10 Å². The van der Waals surface area contributed by atoms with Crippen LogP contribution in [0.25, 0.3) is 0 Å². The first-order chi connectivity index (χ1) is 15.0. The summed E-state index contributed by atoms with van der Waals surface area (Å²) in [4.78, 5) is 13.2. The molecular formula is C22H20N3O5S-. The zero-order chi connectivity index (χ0) is 22.0. The number of carbonyl (C=O) groups is 1. The van der Waals surface area contributed by atoms with Crippen LogP contribution in [-0.4, -0.2) is 39.5 Å². The number of rotatable bonds is 6. The van der Waals surface area contributed by atoms with Gasteiger partial charge in [0.1, 0.15) is 17.6 Å². The Morgan fingerprint density at radius 2 is 1.90 bits per heavy atom. The molecule has 0 saturated carbocycles. The SMILES string of the molecule is COc1ccc(C(=O)N2N=C(c3ccc(N(C)S(=O)[O-])cc3)CC2c2ccco2)cc1. The Labute approximate surface area is 182 Å². The van der Waals surface area contributed by atoms with Gasteiger partial charge in [0.05, 0.1) is 19.1 Å². The van der Waals surface area contributed by atoms with Crippen molar-refractivity contribution in [1.82, 2.24) is 5.01 Å². The lowest BCUT2D eigenvalue weighted by molar-refractivity contribution is 0.0693. The minimum Gasteiger partial charge on any atom is -0.755 e. The van der Waals surface area contributed by atoms with Gasteiger partial charge in [-0.15, -0.1) is 0 Å². The predicted octanol–water partition coefficient (Wildman–Crippen LogP) is 3.51. The van der Waals surface area contributed by atoms with Crippen LogP contribution in [-0.2, 0) is 11.3 Å². The fraction of sp³-hybridized carbons (Fsp3) is 0.182. The number of anilines is 1. The molecule has 31 heavy (non-hydrogen) atoms. The lowest BCUT2D eigenvalue weighted by Gasteiger charge is -2.21. The highest BCUT2D eigenvalue weighted by Gasteiger charge is 2.35. The molecule has 3 aromatic rings. The van der Waals surface area contributed by atoms with Gasteiger partial charge in [0.15, 0.2) is 0 Å². The minimum atomic E-state index is -2.35. The van der Waals surface area contributed by atoms with Crippen molar-refractivity contribution < 1.29 is 22.7 Å². The van der Waals surface area contributed by atoms with Crippen LogP contribution in [0.4, 0.5) is 5.69 Å². The molecule has 1 aliphatic heterocycles. The van der Waals surface area contributed by atoms with E-state index in [-0.39, 0.29) is 11.9 Å². The van der Waals surface area contributed by atoms with Gasteiger partial charge in [-0.05, 0) is 54.1 Å². The van der Waals surface area contributed by atoms with E-state index in [9.17, 15) is 13.6 Å². The summed E-state index contributed by atoms with van der Waals surface area (Å²) in [5.74, 6) is 1.05. The van der Waals surface area contributed by atoms with Gasteiger partial charge in [0.25, 0.3) is 5.91 Å². The van der Waals surface area contributed by atoms with Gasteiger partial charge in [-0.1, -0.05) is 12.1 Å². The molecule has 1 aliphatic rings. The van der Waals surface area contributed by atoms with Crippen LogP contribution in [0.1, 0.15) is 34.1 Å². The van der Waals surface area contributed by atoms with Crippen molar-refractivity contribution in [2.24, 2.45) is 5.10 Å². The molecule has 2 aromatic carbocycles. The number of nitrogens with zero attached hydrogens (tertiary/aromatic N) is 3. The normalized spacial score (nSPS) is 16.7. The number of methoxy groups -OCH3 is 1. The number of hydrogen-bond acceptors (Lipinski definition) is 6. The maximum atomic E-state index is 13.2. The Kier molecular flexibility index (Phi) is 5.88. The Morgan fingerprint density at radius 1 is 1.19 bits per heavy atom. The van der Waals surface area contributed by atoms with Crippen molar-refractivity contribution in [2.45, 2.75) is 12.5 Å². The number of furan rings is 1. The number of hydrazone groups is 1. The molecule has 2 unspecified atom stereocenters. The Morgan fingerprint density at radius 3 is 2.48 bits per heavy atom. The molecule has 0 N–H and O–H groups in total. The summed E-state index contributed by atoms with van der Waals surface area (Å²) in [6.45, 7) is 0. The fourth-order valence-corrected chi connectivity index (χ4v) is 3.68. The second-order valence-corrected chi connectivity index (χ2v) is 7.90. The van der Waals surface area contributed by atoms with Crippen LogP contribution in [0.15, 0.2) is 76.4 Å². The van der Waals surface area contributed by atoms with Crippen molar-refractivity contribution >= 4 is 28.6 Å². The number of carbonyl (C=O) groups excluding carboxylic acids is 1. The summed E-state index contributed by atoms with van der Waals surface area (Å²) >= 11 is -2.35. The molecule has 8 nitrogen and oxygen atoms in total. The largest absolute Gasteiger partial charge is 0.755 e. The van der Waals surface area contributed by atoms with Crippen LogP contribution in [0.2, 0.25) is 0 Å².